The van der Waals surface area contributed by atoms with Crippen LogP contribution in [0.4, 0.5) is 0 Å². The molecule has 0 radical (unpaired) electrons. The molecule has 1 aliphatic carbocycles. The van der Waals surface area contributed by atoms with Crippen molar-refractivity contribution in [2.75, 3.05) is 13.2 Å². The van der Waals surface area contributed by atoms with Crippen LogP contribution >= 0.6 is 7.82 Å². The maximum Gasteiger partial charge on any atom is 0.472 e. The zero-order valence-electron chi connectivity index (χ0n) is 34.4. The molecule has 0 aromatic rings. The Bertz CT molecular complexity index is 1090. The molecule has 0 aromatic heterocycles. The molecule has 1 fully saturated rings. The Morgan fingerprint density at radius 2 is 0.911 bits per heavy atom. The summed E-state index contributed by atoms with van der Waals surface area (Å²) in [7, 11) is -5.11. The molecule has 13 nitrogen and oxygen atoms in total. The third kappa shape index (κ3) is 25.6. The SMILES string of the molecule is CCCCCC/C=C\CCCCCCCC(=O)OCC(COP(=O)(O)OC1C(O)C(O)C(O)C(O)C1O)OC(=O)CCCCCCC/C=C\CCCCCCC. The first-order valence-corrected chi connectivity index (χ1v) is 23.1. The number of rotatable bonds is 35. The van der Waals surface area contributed by atoms with E-state index in [9.17, 15) is 44.6 Å². The van der Waals surface area contributed by atoms with E-state index in [1.807, 2.05) is 0 Å². The Balaban J connectivity index is 2.51. The number of phosphoric ester groups is 1. The number of hydrogen-bond donors (Lipinski definition) is 6. The van der Waals surface area contributed by atoms with Crippen LogP contribution in [0, 0.1) is 0 Å². The van der Waals surface area contributed by atoms with Gasteiger partial charge in [-0.15, -0.1) is 0 Å². The lowest BCUT2D eigenvalue weighted by molar-refractivity contribution is -0.220. The second kappa shape index (κ2) is 33.2. The van der Waals surface area contributed by atoms with E-state index in [0.717, 1.165) is 77.0 Å². The van der Waals surface area contributed by atoms with Crippen LogP contribution in [-0.2, 0) is 32.7 Å². The second-order valence-corrected chi connectivity index (χ2v) is 16.6. The number of phosphoric acid groups is 1. The number of aliphatic hydroxyl groups is 5. The average molecular weight is 821 g/mol. The van der Waals surface area contributed by atoms with Crippen molar-refractivity contribution in [1.82, 2.24) is 0 Å². The quantitative estimate of drug-likeness (QED) is 0.0157. The lowest BCUT2D eigenvalue weighted by Crippen LogP contribution is -2.64. The van der Waals surface area contributed by atoms with Crippen molar-refractivity contribution in [3.63, 3.8) is 0 Å². The zero-order valence-corrected chi connectivity index (χ0v) is 35.3. The highest BCUT2D eigenvalue weighted by molar-refractivity contribution is 7.47. The maximum atomic E-state index is 12.8. The third-order valence-corrected chi connectivity index (χ3v) is 11.0. The summed E-state index contributed by atoms with van der Waals surface area (Å²) >= 11 is 0. The summed E-state index contributed by atoms with van der Waals surface area (Å²) in [6.07, 6.45) is 21.0. The van der Waals surface area contributed by atoms with Crippen molar-refractivity contribution < 1.29 is 63.1 Å². The molecule has 1 saturated carbocycles. The standard InChI is InChI=1S/C42H77O13P/c1-3-5-7-9-11-13-15-17-19-21-23-25-27-29-31-36(44)54-34(33-53-56(50,51)55-42-40(48)38(46)37(45)39(47)41(42)49)32-52-35(43)30-28-26-24-22-20-18-16-14-12-10-8-6-4-2/h14-17,34,37-42,45-49H,3-13,18-33H2,1-2H3,(H,50,51)/b16-14-,17-15-. The van der Waals surface area contributed by atoms with E-state index < -0.39 is 75.7 Å². The van der Waals surface area contributed by atoms with Crippen molar-refractivity contribution in [2.24, 2.45) is 0 Å². The highest BCUT2D eigenvalue weighted by Crippen LogP contribution is 2.47. The number of carbonyl (C=O) groups excluding carboxylic acids is 2. The lowest BCUT2D eigenvalue weighted by Gasteiger charge is -2.41. The molecule has 0 spiro atoms. The van der Waals surface area contributed by atoms with Gasteiger partial charge in [0, 0.05) is 12.8 Å². The number of aliphatic hydroxyl groups excluding tert-OH is 5. The minimum atomic E-state index is -5.11. The molecule has 6 unspecified atom stereocenters. The molecule has 328 valence electrons. The van der Waals surface area contributed by atoms with Gasteiger partial charge in [-0.05, 0) is 64.2 Å². The summed E-state index contributed by atoms with van der Waals surface area (Å²) < 4.78 is 33.4. The van der Waals surface area contributed by atoms with Gasteiger partial charge in [-0.2, -0.15) is 0 Å². The van der Waals surface area contributed by atoms with E-state index in [1.165, 1.54) is 57.8 Å². The highest BCUT2D eigenvalue weighted by atomic mass is 31.2. The number of hydrogen-bond acceptors (Lipinski definition) is 12. The Hall–Kier alpha value is -1.67. The zero-order chi connectivity index (χ0) is 41.4. The number of esters is 2. The first-order chi connectivity index (χ1) is 26.9. The monoisotopic (exact) mass is 821 g/mol. The molecular weight excluding hydrogens is 743 g/mol. The van der Waals surface area contributed by atoms with Gasteiger partial charge >= 0.3 is 19.8 Å². The Kier molecular flexibility index (Phi) is 31.0. The molecular formula is C42H77O13P. The molecule has 0 heterocycles. The van der Waals surface area contributed by atoms with Gasteiger partial charge in [0.25, 0.3) is 0 Å². The molecule has 0 aliphatic heterocycles. The topological polar surface area (TPSA) is 210 Å². The number of allylic oxidation sites excluding steroid dienone is 4. The van der Waals surface area contributed by atoms with E-state index >= 15 is 0 Å². The van der Waals surface area contributed by atoms with Gasteiger partial charge in [0.05, 0.1) is 6.61 Å². The van der Waals surface area contributed by atoms with Crippen LogP contribution in [0.1, 0.15) is 174 Å². The van der Waals surface area contributed by atoms with Gasteiger partial charge in [0.2, 0.25) is 0 Å². The van der Waals surface area contributed by atoms with Crippen LogP contribution in [0.3, 0.4) is 0 Å². The first kappa shape index (κ1) is 52.3. The summed E-state index contributed by atoms with van der Waals surface area (Å²) in [4.78, 5) is 35.6. The van der Waals surface area contributed by atoms with E-state index in [0.29, 0.717) is 12.8 Å². The van der Waals surface area contributed by atoms with E-state index in [-0.39, 0.29) is 12.8 Å². The van der Waals surface area contributed by atoms with Gasteiger partial charge in [-0.25, -0.2) is 4.57 Å². The molecule has 56 heavy (non-hydrogen) atoms. The minimum Gasteiger partial charge on any atom is -0.462 e. The van der Waals surface area contributed by atoms with Crippen LogP contribution in [0.25, 0.3) is 0 Å². The van der Waals surface area contributed by atoms with Gasteiger partial charge in [0.1, 0.15) is 43.2 Å². The highest BCUT2D eigenvalue weighted by Gasteiger charge is 2.51. The van der Waals surface area contributed by atoms with E-state index in [4.69, 9.17) is 18.5 Å². The Morgan fingerprint density at radius 3 is 1.38 bits per heavy atom. The fourth-order valence-electron chi connectivity index (χ4n) is 6.45. The van der Waals surface area contributed by atoms with Crippen LogP contribution in [0.15, 0.2) is 24.3 Å². The van der Waals surface area contributed by atoms with Gasteiger partial charge in [-0.3, -0.25) is 18.6 Å². The van der Waals surface area contributed by atoms with Crippen LogP contribution < -0.4 is 0 Å². The van der Waals surface area contributed by atoms with Gasteiger partial charge in [0.15, 0.2) is 6.10 Å². The van der Waals surface area contributed by atoms with E-state index in [1.54, 1.807) is 0 Å². The normalized spacial score (nSPS) is 23.1. The van der Waals surface area contributed by atoms with Crippen molar-refractivity contribution in [3.8, 4) is 0 Å². The van der Waals surface area contributed by atoms with Crippen molar-refractivity contribution in [1.29, 1.82) is 0 Å². The number of ether oxygens (including phenoxy) is 2. The van der Waals surface area contributed by atoms with Crippen LogP contribution in [-0.4, -0.2) is 98.3 Å². The first-order valence-electron chi connectivity index (χ1n) is 21.6. The van der Waals surface area contributed by atoms with Crippen LogP contribution in [0.2, 0.25) is 0 Å². The Labute approximate surface area is 336 Å². The molecule has 6 atom stereocenters. The fraction of sp³-hybridized carbons (Fsp3) is 0.857. The average Bonchev–Trinajstić information content (AvgIpc) is 3.18. The Morgan fingerprint density at radius 1 is 0.536 bits per heavy atom. The molecule has 1 aliphatic rings. The van der Waals surface area contributed by atoms with Crippen molar-refractivity contribution >= 4 is 19.8 Å². The second-order valence-electron chi connectivity index (χ2n) is 15.2. The molecule has 0 bridgehead atoms. The van der Waals surface area contributed by atoms with Crippen LogP contribution in [0.5, 0.6) is 0 Å². The third-order valence-electron chi connectivity index (χ3n) is 10.0. The largest absolute Gasteiger partial charge is 0.472 e. The van der Waals surface area contributed by atoms with Crippen molar-refractivity contribution in [2.45, 2.75) is 217 Å². The smallest absolute Gasteiger partial charge is 0.462 e. The predicted octanol–water partition coefficient (Wildman–Crippen LogP) is 7.67. The number of carbonyl (C=O) groups is 2. The number of unbranched alkanes of at least 4 members (excludes halogenated alkanes) is 19. The summed E-state index contributed by atoms with van der Waals surface area (Å²) in [6.45, 7) is 3.24. The lowest BCUT2D eigenvalue weighted by atomic mass is 9.85. The summed E-state index contributed by atoms with van der Waals surface area (Å²) in [5.41, 5.74) is 0. The molecule has 6 N–H and O–H groups in total. The molecule has 0 amide bonds. The van der Waals surface area contributed by atoms with E-state index in [2.05, 4.69) is 38.2 Å². The molecule has 1 rings (SSSR count). The van der Waals surface area contributed by atoms with Crippen molar-refractivity contribution in [3.05, 3.63) is 24.3 Å². The molecule has 0 saturated heterocycles. The summed E-state index contributed by atoms with van der Waals surface area (Å²) in [5.74, 6) is -1.12. The van der Waals surface area contributed by atoms with Gasteiger partial charge in [-0.1, -0.05) is 122 Å². The van der Waals surface area contributed by atoms with Gasteiger partial charge < -0.3 is 39.9 Å². The fourth-order valence-corrected chi connectivity index (χ4v) is 7.42. The molecule has 14 heteroatoms. The molecule has 0 aromatic carbocycles. The summed E-state index contributed by atoms with van der Waals surface area (Å²) in [6, 6.07) is 0. The maximum absolute atomic E-state index is 12.8. The summed E-state index contributed by atoms with van der Waals surface area (Å²) in [5, 5.41) is 50.0. The minimum absolute atomic E-state index is 0.0863. The predicted molar refractivity (Wildman–Crippen MR) is 217 cm³/mol.